The van der Waals surface area contributed by atoms with Gasteiger partial charge < -0.3 is 52.8 Å². The van der Waals surface area contributed by atoms with Gasteiger partial charge in [0.2, 0.25) is 0 Å². The Bertz CT molecular complexity index is 2380. The number of carbonyl (C=O) groups excluding carboxylic acids is 2. The van der Waals surface area contributed by atoms with Crippen molar-refractivity contribution in [2.24, 2.45) is 0 Å². The second kappa shape index (κ2) is 24.1. The van der Waals surface area contributed by atoms with Crippen LogP contribution in [0.3, 0.4) is 0 Å². The fraction of sp³-hybridized carbons (Fsp3) is 0.296. The minimum absolute atomic E-state index is 0.0333. The molecule has 2 fully saturated rings. The molecule has 13 heteroatoms. The summed E-state index contributed by atoms with van der Waals surface area (Å²) in [6.07, 6.45) is -13.0. The predicted octanol–water partition coefficient (Wildman–Crippen LogP) is 7.23. The van der Waals surface area contributed by atoms with Gasteiger partial charge in [-0.25, -0.2) is 9.59 Å². The Labute approximate surface area is 389 Å². The van der Waals surface area contributed by atoms with Crippen molar-refractivity contribution in [3.63, 3.8) is 0 Å². The van der Waals surface area contributed by atoms with Crippen LogP contribution >= 0.6 is 0 Å². The van der Waals surface area contributed by atoms with Crippen LogP contribution in [-0.2, 0) is 69.1 Å². The quantitative estimate of drug-likeness (QED) is 0.0741. The van der Waals surface area contributed by atoms with Crippen LogP contribution in [0.2, 0.25) is 0 Å². The molecule has 2 heterocycles. The number of rotatable bonds is 20. The van der Waals surface area contributed by atoms with Gasteiger partial charge in [0.1, 0.15) is 49.3 Å². The number of carbonyl (C=O) groups is 2. The molecule has 0 bridgehead atoms. The minimum atomic E-state index is -1.60. The standard InChI is InChI=1S/C54H54O13/c55-45-43(35-59-31-37-19-7-1-8-20-37)64-53(58)49(61-33-39-23-11-3-12-24-39)47(45)67-54-50(62-34-40-25-13-4-14-26-40)48(60-32-38-21-9-2-10-22-38)46(66-52(57)42-29-17-6-18-30-42)44(65-54)36-63-51(56)41-27-15-5-16-28-41/h1-30,43-50,53-55,58H,31-36H2/t43-,44-,45+,46+,47+,48+,49-,50-,53+,54-/m1/s1. The summed E-state index contributed by atoms with van der Waals surface area (Å²) in [5.41, 5.74) is 3.88. The number of hydrogen-bond donors (Lipinski definition) is 2. The molecule has 0 unspecified atom stereocenters. The zero-order valence-corrected chi connectivity index (χ0v) is 36.7. The molecule has 2 aliphatic heterocycles. The van der Waals surface area contributed by atoms with Gasteiger partial charge in [-0.05, 0) is 46.5 Å². The van der Waals surface area contributed by atoms with E-state index in [-0.39, 0.29) is 38.6 Å². The fourth-order valence-electron chi connectivity index (χ4n) is 7.91. The highest BCUT2D eigenvalue weighted by atomic mass is 16.7. The second-order valence-electron chi connectivity index (χ2n) is 16.2. The Balaban J connectivity index is 1.16. The lowest BCUT2D eigenvalue weighted by Crippen LogP contribution is -2.66. The molecular formula is C54H54O13. The lowest BCUT2D eigenvalue weighted by Gasteiger charge is -2.48. The van der Waals surface area contributed by atoms with Gasteiger partial charge in [-0.15, -0.1) is 0 Å². The van der Waals surface area contributed by atoms with Crippen molar-refractivity contribution in [2.75, 3.05) is 13.2 Å². The van der Waals surface area contributed by atoms with Gasteiger partial charge in [-0.1, -0.05) is 158 Å². The third kappa shape index (κ3) is 13.1. The van der Waals surface area contributed by atoms with Crippen molar-refractivity contribution in [3.05, 3.63) is 215 Å². The average molecular weight is 911 g/mol. The van der Waals surface area contributed by atoms with E-state index >= 15 is 0 Å². The van der Waals surface area contributed by atoms with Crippen LogP contribution in [0.25, 0.3) is 0 Å². The molecule has 0 aromatic heterocycles. The molecule has 0 amide bonds. The molecule has 0 spiro atoms. The van der Waals surface area contributed by atoms with E-state index in [0.29, 0.717) is 5.56 Å². The van der Waals surface area contributed by atoms with Crippen LogP contribution in [0.15, 0.2) is 182 Å². The smallest absolute Gasteiger partial charge is 0.338 e. The van der Waals surface area contributed by atoms with Crippen LogP contribution in [0.1, 0.15) is 43.0 Å². The number of benzene rings is 6. The van der Waals surface area contributed by atoms with Gasteiger partial charge >= 0.3 is 11.9 Å². The lowest BCUT2D eigenvalue weighted by molar-refractivity contribution is -0.368. The molecule has 348 valence electrons. The van der Waals surface area contributed by atoms with Crippen molar-refractivity contribution in [2.45, 2.75) is 87.8 Å². The maximum Gasteiger partial charge on any atom is 0.338 e. The van der Waals surface area contributed by atoms with Gasteiger partial charge in [0.15, 0.2) is 18.7 Å². The molecular weight excluding hydrogens is 857 g/mol. The first kappa shape index (κ1) is 47.4. The zero-order chi connectivity index (χ0) is 46.2. The number of ether oxygens (including phenoxy) is 9. The lowest BCUT2D eigenvalue weighted by atomic mass is 9.96. The largest absolute Gasteiger partial charge is 0.459 e. The third-order valence-corrected chi connectivity index (χ3v) is 11.4. The highest BCUT2D eigenvalue weighted by Gasteiger charge is 2.54. The van der Waals surface area contributed by atoms with Crippen molar-refractivity contribution in [1.82, 2.24) is 0 Å². The number of hydrogen-bond acceptors (Lipinski definition) is 13. The molecule has 2 aliphatic rings. The first-order valence-corrected chi connectivity index (χ1v) is 22.3. The molecule has 0 radical (unpaired) electrons. The maximum absolute atomic E-state index is 14.0. The van der Waals surface area contributed by atoms with E-state index in [0.717, 1.165) is 22.3 Å². The van der Waals surface area contributed by atoms with E-state index in [1.165, 1.54) is 0 Å². The number of aliphatic hydroxyl groups is 2. The fourth-order valence-corrected chi connectivity index (χ4v) is 7.91. The summed E-state index contributed by atoms with van der Waals surface area (Å²) in [6.45, 7) is -0.199. The molecule has 6 aromatic carbocycles. The van der Waals surface area contributed by atoms with E-state index in [2.05, 4.69) is 0 Å². The summed E-state index contributed by atoms with van der Waals surface area (Å²) in [7, 11) is 0. The molecule has 10 atom stereocenters. The van der Waals surface area contributed by atoms with E-state index < -0.39 is 80.0 Å². The minimum Gasteiger partial charge on any atom is -0.459 e. The topological polar surface area (TPSA) is 158 Å². The summed E-state index contributed by atoms with van der Waals surface area (Å²) < 4.78 is 57.7. The van der Waals surface area contributed by atoms with Crippen LogP contribution in [0.4, 0.5) is 0 Å². The molecule has 13 nitrogen and oxygen atoms in total. The average Bonchev–Trinajstić information content (AvgIpc) is 3.38. The van der Waals surface area contributed by atoms with Gasteiger partial charge in [0.25, 0.3) is 0 Å². The van der Waals surface area contributed by atoms with Crippen molar-refractivity contribution < 1.29 is 62.4 Å². The molecule has 2 N–H and O–H groups in total. The molecule has 0 aliphatic carbocycles. The second-order valence-corrected chi connectivity index (χ2v) is 16.2. The third-order valence-electron chi connectivity index (χ3n) is 11.4. The highest BCUT2D eigenvalue weighted by Crippen LogP contribution is 2.35. The van der Waals surface area contributed by atoms with Crippen LogP contribution in [-0.4, -0.2) is 96.8 Å². The number of aliphatic hydroxyl groups excluding tert-OH is 2. The van der Waals surface area contributed by atoms with Crippen LogP contribution in [0, 0.1) is 0 Å². The van der Waals surface area contributed by atoms with Crippen LogP contribution < -0.4 is 0 Å². The predicted molar refractivity (Wildman–Crippen MR) is 244 cm³/mol. The van der Waals surface area contributed by atoms with E-state index in [9.17, 15) is 19.8 Å². The Morgan fingerprint density at radius 3 is 1.37 bits per heavy atom. The van der Waals surface area contributed by atoms with Crippen molar-refractivity contribution >= 4 is 11.9 Å². The summed E-state index contributed by atoms with van der Waals surface area (Å²) >= 11 is 0. The van der Waals surface area contributed by atoms with Gasteiger partial charge in [-0.3, -0.25) is 0 Å². The first-order valence-electron chi connectivity index (χ1n) is 22.3. The van der Waals surface area contributed by atoms with E-state index in [1.807, 2.05) is 121 Å². The van der Waals surface area contributed by atoms with E-state index in [1.54, 1.807) is 60.7 Å². The van der Waals surface area contributed by atoms with Gasteiger partial charge in [0, 0.05) is 0 Å². The van der Waals surface area contributed by atoms with Gasteiger partial charge in [0.05, 0.1) is 44.2 Å². The normalized spacial score (nSPS) is 24.9. The Kier molecular flexibility index (Phi) is 17.0. The van der Waals surface area contributed by atoms with Gasteiger partial charge in [-0.2, -0.15) is 0 Å². The van der Waals surface area contributed by atoms with Crippen LogP contribution in [0.5, 0.6) is 0 Å². The zero-order valence-electron chi connectivity index (χ0n) is 36.7. The molecule has 67 heavy (non-hydrogen) atoms. The Morgan fingerprint density at radius 1 is 0.433 bits per heavy atom. The molecule has 8 rings (SSSR count). The summed E-state index contributed by atoms with van der Waals surface area (Å²) in [4.78, 5) is 27.5. The SMILES string of the molecule is O=C(OC[C@H]1O[C@H](O[C@H]2[C@@H](O)[C@@H](COCc3ccccc3)O[C@H](O)[C@@H]2OCc2ccccc2)[C@H](OCc2ccccc2)[C@@H](OCc2ccccc2)[C@H]1OC(=O)c1ccccc1)c1ccccc1. The monoisotopic (exact) mass is 910 g/mol. The highest BCUT2D eigenvalue weighted by molar-refractivity contribution is 5.90. The summed E-state index contributed by atoms with van der Waals surface area (Å²) in [5, 5.41) is 23.9. The first-order chi connectivity index (χ1) is 32.9. The summed E-state index contributed by atoms with van der Waals surface area (Å²) in [5.74, 6) is -1.33. The van der Waals surface area contributed by atoms with Crippen molar-refractivity contribution in [1.29, 1.82) is 0 Å². The Hall–Kier alpha value is -6.10. The summed E-state index contributed by atoms with van der Waals surface area (Å²) in [6, 6.07) is 54.7. The molecule has 0 saturated carbocycles. The molecule has 2 saturated heterocycles. The Morgan fingerprint density at radius 2 is 0.866 bits per heavy atom. The van der Waals surface area contributed by atoms with Crippen molar-refractivity contribution in [3.8, 4) is 0 Å². The number of esters is 2. The maximum atomic E-state index is 14.0. The molecule has 6 aromatic rings. The van der Waals surface area contributed by atoms with E-state index in [4.69, 9.17) is 42.6 Å².